The number of amides is 2. The monoisotopic (exact) mass is 406 g/mol. The van der Waals surface area contributed by atoms with Crippen molar-refractivity contribution in [1.82, 2.24) is 10.2 Å². The number of nitrogens with one attached hydrogen (secondary N) is 1. The molecule has 0 spiro atoms. The molecule has 1 unspecified atom stereocenters. The van der Waals surface area contributed by atoms with E-state index in [1.807, 2.05) is 30.3 Å². The zero-order valence-corrected chi connectivity index (χ0v) is 17.5. The predicted molar refractivity (Wildman–Crippen MR) is 106 cm³/mol. The Morgan fingerprint density at radius 3 is 2.48 bits per heavy atom. The molecule has 2 amide bonds. The van der Waals surface area contributed by atoms with Gasteiger partial charge in [0.25, 0.3) is 0 Å². The van der Waals surface area contributed by atoms with Gasteiger partial charge in [-0.2, -0.15) is 0 Å². The normalized spacial score (nSPS) is 17.8. The molecule has 1 fully saturated rings. The van der Waals surface area contributed by atoms with Gasteiger partial charge in [0, 0.05) is 6.54 Å². The molecule has 1 aliphatic rings. The average molecular weight is 406 g/mol. The summed E-state index contributed by atoms with van der Waals surface area (Å²) in [5.74, 6) is -0.637. The summed E-state index contributed by atoms with van der Waals surface area (Å²) in [4.78, 5) is 38.9. The highest BCUT2D eigenvalue weighted by molar-refractivity contribution is 5.83. The first kappa shape index (κ1) is 22.5. The SMILES string of the molecule is COC(=O)[C@@H](NC(=O)OCc1ccccc1)C1CCCCN1C(=O)OC(C)(C)C. The van der Waals surface area contributed by atoms with Gasteiger partial charge in [0.15, 0.2) is 6.04 Å². The highest BCUT2D eigenvalue weighted by Crippen LogP contribution is 2.23. The molecule has 2 atom stereocenters. The molecule has 29 heavy (non-hydrogen) atoms. The number of carbonyl (C=O) groups excluding carboxylic acids is 3. The van der Waals surface area contributed by atoms with Gasteiger partial charge in [-0.25, -0.2) is 14.4 Å². The zero-order chi connectivity index (χ0) is 21.4. The van der Waals surface area contributed by atoms with Crippen molar-refractivity contribution in [1.29, 1.82) is 0 Å². The number of likely N-dealkylation sites (tertiary alicyclic amines) is 1. The second-order valence-corrected chi connectivity index (χ2v) is 7.94. The number of rotatable bonds is 5. The van der Waals surface area contributed by atoms with Crippen LogP contribution < -0.4 is 5.32 Å². The fourth-order valence-corrected chi connectivity index (χ4v) is 3.18. The maximum atomic E-state index is 12.6. The van der Waals surface area contributed by atoms with E-state index in [0.717, 1.165) is 18.4 Å². The third kappa shape index (κ3) is 6.96. The Morgan fingerprint density at radius 1 is 1.17 bits per heavy atom. The van der Waals surface area contributed by atoms with Crippen molar-refractivity contribution in [2.75, 3.05) is 13.7 Å². The fraction of sp³-hybridized carbons (Fsp3) is 0.571. The largest absolute Gasteiger partial charge is 0.467 e. The number of hydrogen-bond acceptors (Lipinski definition) is 6. The Bertz CT molecular complexity index is 701. The number of methoxy groups -OCH3 is 1. The van der Waals surface area contributed by atoms with Crippen LogP contribution in [-0.2, 0) is 25.6 Å². The topological polar surface area (TPSA) is 94.2 Å². The summed E-state index contributed by atoms with van der Waals surface area (Å²) >= 11 is 0. The van der Waals surface area contributed by atoms with Crippen LogP contribution in [0.3, 0.4) is 0 Å². The van der Waals surface area contributed by atoms with Crippen molar-refractivity contribution in [3.05, 3.63) is 35.9 Å². The van der Waals surface area contributed by atoms with Gasteiger partial charge < -0.3 is 24.4 Å². The highest BCUT2D eigenvalue weighted by atomic mass is 16.6. The third-order valence-electron chi connectivity index (χ3n) is 4.50. The van der Waals surface area contributed by atoms with Crippen LogP contribution in [-0.4, -0.2) is 54.4 Å². The van der Waals surface area contributed by atoms with E-state index in [2.05, 4.69) is 5.32 Å². The summed E-state index contributed by atoms with van der Waals surface area (Å²) < 4.78 is 15.6. The van der Waals surface area contributed by atoms with Crippen molar-refractivity contribution in [2.45, 2.75) is 64.3 Å². The number of benzene rings is 1. The standard InChI is InChI=1S/C21H30N2O6/c1-21(2,3)29-20(26)23-13-9-8-12-16(23)17(18(24)27-4)22-19(25)28-14-15-10-6-5-7-11-15/h5-7,10-11,16-17H,8-9,12-14H2,1-4H3,(H,22,25)/t16?,17-/m0/s1. The van der Waals surface area contributed by atoms with E-state index in [1.165, 1.54) is 12.0 Å². The molecule has 0 bridgehead atoms. The van der Waals surface area contributed by atoms with Crippen molar-refractivity contribution in [2.24, 2.45) is 0 Å². The van der Waals surface area contributed by atoms with Gasteiger partial charge in [-0.3, -0.25) is 0 Å². The molecule has 8 heteroatoms. The minimum atomic E-state index is -1.05. The van der Waals surface area contributed by atoms with Crippen LogP contribution in [0.2, 0.25) is 0 Å². The molecule has 0 radical (unpaired) electrons. The minimum Gasteiger partial charge on any atom is -0.467 e. The minimum absolute atomic E-state index is 0.0704. The Kier molecular flexibility index (Phi) is 7.87. The third-order valence-corrected chi connectivity index (χ3v) is 4.50. The van der Waals surface area contributed by atoms with Crippen molar-refractivity contribution < 1.29 is 28.6 Å². The number of alkyl carbamates (subject to hydrolysis) is 1. The van der Waals surface area contributed by atoms with E-state index in [0.29, 0.717) is 13.0 Å². The Hall–Kier alpha value is -2.77. The van der Waals surface area contributed by atoms with Gasteiger partial charge in [0.2, 0.25) is 0 Å². The first-order valence-electron chi connectivity index (χ1n) is 9.76. The average Bonchev–Trinajstić information content (AvgIpc) is 2.69. The lowest BCUT2D eigenvalue weighted by molar-refractivity contribution is -0.145. The molecule has 1 aliphatic heterocycles. The van der Waals surface area contributed by atoms with Gasteiger partial charge in [-0.15, -0.1) is 0 Å². The molecule has 8 nitrogen and oxygen atoms in total. The summed E-state index contributed by atoms with van der Waals surface area (Å²) in [6, 6.07) is 7.59. The van der Waals surface area contributed by atoms with E-state index in [4.69, 9.17) is 14.2 Å². The number of hydrogen-bond donors (Lipinski definition) is 1. The maximum Gasteiger partial charge on any atom is 0.410 e. The van der Waals surface area contributed by atoms with Gasteiger partial charge >= 0.3 is 18.2 Å². The number of piperidine rings is 1. The lowest BCUT2D eigenvalue weighted by Crippen LogP contribution is -2.59. The van der Waals surface area contributed by atoms with E-state index < -0.39 is 35.8 Å². The van der Waals surface area contributed by atoms with E-state index >= 15 is 0 Å². The quantitative estimate of drug-likeness (QED) is 0.596. The van der Waals surface area contributed by atoms with Crippen LogP contribution in [0.15, 0.2) is 30.3 Å². The molecular weight excluding hydrogens is 376 g/mol. The lowest BCUT2D eigenvalue weighted by atomic mass is 9.96. The number of carbonyl (C=O) groups is 3. The summed E-state index contributed by atoms with van der Waals surface area (Å²) in [6.07, 6.45) is 0.882. The number of nitrogens with zero attached hydrogens (tertiary/aromatic N) is 1. The van der Waals surface area contributed by atoms with Gasteiger partial charge in [0.05, 0.1) is 13.2 Å². The highest BCUT2D eigenvalue weighted by Gasteiger charge is 2.40. The predicted octanol–water partition coefficient (Wildman–Crippen LogP) is 3.24. The molecule has 0 aromatic heterocycles. The molecule has 1 saturated heterocycles. The van der Waals surface area contributed by atoms with Gasteiger partial charge in [-0.1, -0.05) is 30.3 Å². The van der Waals surface area contributed by atoms with E-state index in [9.17, 15) is 14.4 Å². The van der Waals surface area contributed by atoms with Crippen LogP contribution in [0.1, 0.15) is 45.6 Å². The lowest BCUT2D eigenvalue weighted by Gasteiger charge is -2.39. The molecule has 0 aliphatic carbocycles. The van der Waals surface area contributed by atoms with Crippen molar-refractivity contribution in [3.63, 3.8) is 0 Å². The van der Waals surface area contributed by atoms with Crippen LogP contribution in [0.25, 0.3) is 0 Å². The summed E-state index contributed by atoms with van der Waals surface area (Å²) in [6.45, 7) is 5.84. The number of ether oxygens (including phenoxy) is 3. The smallest absolute Gasteiger partial charge is 0.410 e. The summed E-state index contributed by atoms with van der Waals surface area (Å²) in [5, 5.41) is 2.57. The Labute approximate surface area is 171 Å². The van der Waals surface area contributed by atoms with Crippen LogP contribution in [0.5, 0.6) is 0 Å². The number of esters is 1. The Morgan fingerprint density at radius 2 is 1.86 bits per heavy atom. The van der Waals surface area contributed by atoms with E-state index in [-0.39, 0.29) is 6.61 Å². The second kappa shape index (κ2) is 10.1. The summed E-state index contributed by atoms with van der Waals surface area (Å²) in [5.41, 5.74) is 0.160. The summed E-state index contributed by atoms with van der Waals surface area (Å²) in [7, 11) is 1.24. The van der Waals surface area contributed by atoms with Crippen molar-refractivity contribution in [3.8, 4) is 0 Å². The molecule has 1 heterocycles. The van der Waals surface area contributed by atoms with E-state index in [1.54, 1.807) is 20.8 Å². The molecule has 1 aromatic carbocycles. The fourth-order valence-electron chi connectivity index (χ4n) is 3.18. The van der Waals surface area contributed by atoms with Crippen molar-refractivity contribution >= 4 is 18.2 Å². The molecule has 1 N–H and O–H groups in total. The maximum absolute atomic E-state index is 12.6. The van der Waals surface area contributed by atoms with Crippen LogP contribution in [0, 0.1) is 0 Å². The molecule has 1 aromatic rings. The molecule has 0 saturated carbocycles. The van der Waals surface area contributed by atoms with Crippen LogP contribution >= 0.6 is 0 Å². The first-order chi connectivity index (χ1) is 13.7. The zero-order valence-electron chi connectivity index (χ0n) is 17.5. The molecular formula is C21H30N2O6. The Balaban J connectivity index is 2.08. The molecule has 160 valence electrons. The first-order valence-corrected chi connectivity index (χ1v) is 9.76. The second-order valence-electron chi connectivity index (χ2n) is 7.94. The van der Waals surface area contributed by atoms with Crippen LogP contribution in [0.4, 0.5) is 9.59 Å². The van der Waals surface area contributed by atoms with Gasteiger partial charge in [0.1, 0.15) is 12.2 Å². The molecule has 2 rings (SSSR count). The van der Waals surface area contributed by atoms with Gasteiger partial charge in [-0.05, 0) is 45.6 Å².